The number of anilines is 1. The van der Waals surface area contributed by atoms with Crippen LogP contribution in [0.15, 0.2) is 18.2 Å². The van der Waals surface area contributed by atoms with Gasteiger partial charge in [-0.25, -0.2) is 0 Å². The van der Waals surface area contributed by atoms with E-state index in [0.717, 1.165) is 25.8 Å². The quantitative estimate of drug-likeness (QED) is 0.659. The van der Waals surface area contributed by atoms with Crippen LogP contribution in [0.5, 0.6) is 0 Å². The van der Waals surface area contributed by atoms with Crippen molar-refractivity contribution in [3.63, 3.8) is 0 Å². The molecule has 19 heavy (non-hydrogen) atoms. The minimum absolute atomic E-state index is 0.0983. The minimum atomic E-state index is -0.528. The van der Waals surface area contributed by atoms with Crippen LogP contribution in [0, 0.1) is 10.1 Å². The number of carbonyl (C=O) groups excluding carboxylic acids is 1. The molecule has 1 fully saturated rings. The highest BCUT2D eigenvalue weighted by Gasteiger charge is 2.21. The van der Waals surface area contributed by atoms with Crippen molar-refractivity contribution in [2.45, 2.75) is 25.3 Å². The van der Waals surface area contributed by atoms with E-state index in [4.69, 9.17) is 11.6 Å². The maximum atomic E-state index is 12.0. The number of amides is 1. The Hall–Kier alpha value is -1.66. The summed E-state index contributed by atoms with van der Waals surface area (Å²) in [7, 11) is 0. The van der Waals surface area contributed by atoms with Gasteiger partial charge in [-0.2, -0.15) is 0 Å². The van der Waals surface area contributed by atoms with Gasteiger partial charge in [0.2, 0.25) is 5.91 Å². The molecule has 0 saturated carbocycles. The van der Waals surface area contributed by atoms with E-state index < -0.39 is 4.92 Å². The van der Waals surface area contributed by atoms with Gasteiger partial charge in [-0.3, -0.25) is 14.9 Å². The number of nitrogens with zero attached hydrogens (tertiary/aromatic N) is 1. The van der Waals surface area contributed by atoms with Crippen LogP contribution in [0.1, 0.15) is 19.3 Å². The summed E-state index contributed by atoms with van der Waals surface area (Å²) in [6, 6.07) is 3.77. The standard InChI is InChI=1S/C12H14ClN3O3/c13-9-7-8(16(18)19)4-5-10(9)15-12(17)11-3-1-2-6-14-11/h4-5,7,11,14H,1-3,6H2,(H,15,17)/t11-/m0/s1. The highest BCUT2D eigenvalue weighted by Crippen LogP contribution is 2.27. The van der Waals surface area contributed by atoms with Crippen LogP contribution in [-0.4, -0.2) is 23.4 Å². The van der Waals surface area contributed by atoms with E-state index in [1.807, 2.05) is 0 Å². The topological polar surface area (TPSA) is 84.3 Å². The molecule has 2 rings (SSSR count). The fourth-order valence-electron chi connectivity index (χ4n) is 2.01. The van der Waals surface area contributed by atoms with Crippen molar-refractivity contribution in [3.8, 4) is 0 Å². The molecule has 6 nitrogen and oxygen atoms in total. The van der Waals surface area contributed by atoms with Gasteiger partial charge in [0.25, 0.3) is 5.69 Å². The monoisotopic (exact) mass is 283 g/mol. The molecule has 1 aliphatic rings. The van der Waals surface area contributed by atoms with Crippen molar-refractivity contribution < 1.29 is 9.72 Å². The number of carbonyl (C=O) groups is 1. The fourth-order valence-corrected chi connectivity index (χ4v) is 2.24. The third-order valence-electron chi connectivity index (χ3n) is 3.05. The van der Waals surface area contributed by atoms with Gasteiger partial charge in [0, 0.05) is 12.1 Å². The zero-order chi connectivity index (χ0) is 13.8. The van der Waals surface area contributed by atoms with Gasteiger partial charge in [-0.15, -0.1) is 0 Å². The smallest absolute Gasteiger partial charge is 0.271 e. The number of non-ortho nitro benzene ring substituents is 1. The largest absolute Gasteiger partial charge is 0.323 e. The molecule has 0 radical (unpaired) electrons. The summed E-state index contributed by atoms with van der Waals surface area (Å²) in [6.07, 6.45) is 2.87. The maximum absolute atomic E-state index is 12.0. The summed E-state index contributed by atoms with van der Waals surface area (Å²) in [5, 5.41) is 16.6. The lowest BCUT2D eigenvalue weighted by Gasteiger charge is -2.22. The second-order valence-corrected chi connectivity index (χ2v) is 4.82. The molecule has 1 atom stereocenters. The molecule has 0 bridgehead atoms. The van der Waals surface area contributed by atoms with Gasteiger partial charge in [0.15, 0.2) is 0 Å². The molecule has 0 spiro atoms. The predicted molar refractivity (Wildman–Crippen MR) is 72.4 cm³/mol. The Kier molecular flexibility index (Phi) is 4.34. The summed E-state index contributed by atoms with van der Waals surface area (Å²) in [5.74, 6) is -0.157. The first-order chi connectivity index (χ1) is 9.08. The zero-order valence-corrected chi connectivity index (χ0v) is 10.9. The number of rotatable bonds is 3. The van der Waals surface area contributed by atoms with Crippen molar-refractivity contribution in [2.75, 3.05) is 11.9 Å². The van der Waals surface area contributed by atoms with Crippen molar-refractivity contribution >= 4 is 28.9 Å². The third-order valence-corrected chi connectivity index (χ3v) is 3.36. The van der Waals surface area contributed by atoms with Crippen molar-refractivity contribution in [3.05, 3.63) is 33.3 Å². The van der Waals surface area contributed by atoms with Crippen molar-refractivity contribution in [2.24, 2.45) is 0 Å². The van der Waals surface area contributed by atoms with Crippen LogP contribution in [0.25, 0.3) is 0 Å². The molecule has 1 amide bonds. The molecule has 1 heterocycles. The molecule has 2 N–H and O–H groups in total. The third kappa shape index (κ3) is 3.42. The summed E-state index contributed by atoms with van der Waals surface area (Å²) in [4.78, 5) is 22.0. The van der Waals surface area contributed by atoms with Crippen LogP contribution < -0.4 is 10.6 Å². The lowest BCUT2D eigenvalue weighted by molar-refractivity contribution is -0.384. The Bertz CT molecular complexity index is 501. The highest BCUT2D eigenvalue weighted by atomic mass is 35.5. The Balaban J connectivity index is 2.06. The normalized spacial score (nSPS) is 18.9. The van der Waals surface area contributed by atoms with Crippen molar-refractivity contribution in [1.82, 2.24) is 5.32 Å². The average Bonchev–Trinajstić information content (AvgIpc) is 2.41. The molecule has 0 aromatic heterocycles. The minimum Gasteiger partial charge on any atom is -0.323 e. The lowest BCUT2D eigenvalue weighted by Crippen LogP contribution is -2.43. The van der Waals surface area contributed by atoms with Crippen LogP contribution in [0.4, 0.5) is 11.4 Å². The number of hydrogen-bond acceptors (Lipinski definition) is 4. The number of nitro benzene ring substituents is 1. The molecule has 1 aromatic carbocycles. The zero-order valence-electron chi connectivity index (χ0n) is 10.2. The van der Waals surface area contributed by atoms with E-state index in [1.54, 1.807) is 0 Å². The molecular weight excluding hydrogens is 270 g/mol. The first-order valence-corrected chi connectivity index (χ1v) is 6.44. The van der Waals surface area contributed by atoms with E-state index in [1.165, 1.54) is 18.2 Å². The van der Waals surface area contributed by atoms with Crippen molar-refractivity contribution in [1.29, 1.82) is 0 Å². The number of nitrogens with one attached hydrogen (secondary N) is 2. The highest BCUT2D eigenvalue weighted by molar-refractivity contribution is 6.34. The lowest BCUT2D eigenvalue weighted by atomic mass is 10.0. The molecule has 0 unspecified atom stereocenters. The first-order valence-electron chi connectivity index (χ1n) is 6.06. The number of piperidine rings is 1. The number of nitro groups is 1. The molecular formula is C12H14ClN3O3. The van der Waals surface area contributed by atoms with Crippen LogP contribution in [0.2, 0.25) is 5.02 Å². The molecule has 7 heteroatoms. The van der Waals surface area contributed by atoms with Crippen LogP contribution >= 0.6 is 11.6 Å². The number of halogens is 1. The first kappa shape index (κ1) is 13.8. The second kappa shape index (κ2) is 5.99. The summed E-state index contributed by atoms with van der Waals surface area (Å²) in [5.41, 5.74) is 0.295. The maximum Gasteiger partial charge on any atom is 0.271 e. The number of hydrogen-bond donors (Lipinski definition) is 2. The molecule has 1 aliphatic heterocycles. The molecule has 102 valence electrons. The van der Waals surface area contributed by atoms with Crippen LogP contribution in [-0.2, 0) is 4.79 Å². The van der Waals surface area contributed by atoms with Gasteiger partial charge in [0.05, 0.1) is 21.7 Å². The van der Waals surface area contributed by atoms with Gasteiger partial charge < -0.3 is 10.6 Å². The van der Waals surface area contributed by atoms with E-state index in [-0.39, 0.29) is 22.7 Å². The summed E-state index contributed by atoms with van der Waals surface area (Å²) < 4.78 is 0. The SMILES string of the molecule is O=C(Nc1ccc([N+](=O)[O-])cc1Cl)[C@@H]1CCCCN1. The van der Waals surface area contributed by atoms with E-state index in [0.29, 0.717) is 5.69 Å². The van der Waals surface area contributed by atoms with Gasteiger partial charge >= 0.3 is 0 Å². The van der Waals surface area contributed by atoms with E-state index in [2.05, 4.69) is 10.6 Å². The number of benzene rings is 1. The summed E-state index contributed by atoms with van der Waals surface area (Å²) in [6.45, 7) is 0.825. The Morgan fingerprint density at radius 1 is 1.47 bits per heavy atom. The Morgan fingerprint density at radius 3 is 2.84 bits per heavy atom. The Morgan fingerprint density at radius 2 is 2.26 bits per heavy atom. The predicted octanol–water partition coefficient (Wildman–Crippen LogP) is 2.33. The van der Waals surface area contributed by atoms with Gasteiger partial charge in [-0.05, 0) is 25.5 Å². The van der Waals surface area contributed by atoms with Gasteiger partial charge in [-0.1, -0.05) is 18.0 Å². The van der Waals surface area contributed by atoms with E-state index in [9.17, 15) is 14.9 Å². The molecule has 1 saturated heterocycles. The van der Waals surface area contributed by atoms with Gasteiger partial charge in [0.1, 0.15) is 0 Å². The molecule has 1 aromatic rings. The summed E-state index contributed by atoms with van der Waals surface area (Å²) >= 11 is 5.92. The Labute approximate surface area is 115 Å². The van der Waals surface area contributed by atoms with Crippen LogP contribution in [0.3, 0.4) is 0 Å². The molecule has 0 aliphatic carbocycles. The van der Waals surface area contributed by atoms with E-state index >= 15 is 0 Å². The second-order valence-electron chi connectivity index (χ2n) is 4.41. The average molecular weight is 284 g/mol. The fraction of sp³-hybridized carbons (Fsp3) is 0.417.